The number of benzene rings is 2. The van der Waals surface area contributed by atoms with E-state index >= 15 is 0 Å². The molecule has 4 rings (SSSR count). The van der Waals surface area contributed by atoms with Gasteiger partial charge in [-0.05, 0) is 30.7 Å². The number of ether oxygens (including phenoxy) is 2. The van der Waals surface area contributed by atoms with Gasteiger partial charge in [-0.25, -0.2) is 0 Å². The first kappa shape index (κ1) is 33.8. The molecule has 2 heterocycles. The van der Waals surface area contributed by atoms with E-state index in [1.54, 1.807) is 0 Å². The number of hydrogen-bond donors (Lipinski definition) is 0. The molecule has 1 saturated heterocycles. The SMILES string of the molecule is CCCCCCCCCCCCCCCCCCCC(=O)OC[N+]1(C)CC2c3ccccc3Oc3ccc(Cl)cc3C2C1. The molecular formula is C38H57ClNO3+. The van der Waals surface area contributed by atoms with E-state index in [-0.39, 0.29) is 11.9 Å². The number of nitrogens with zero attached hydrogens (tertiary/aromatic N) is 1. The van der Waals surface area contributed by atoms with Gasteiger partial charge in [0.05, 0.1) is 20.1 Å². The molecule has 0 N–H and O–H groups in total. The number of hydrogen-bond acceptors (Lipinski definition) is 3. The molecule has 1 fully saturated rings. The van der Waals surface area contributed by atoms with E-state index in [2.05, 4.69) is 38.2 Å². The molecule has 3 atom stereocenters. The van der Waals surface area contributed by atoms with Gasteiger partial charge in [-0.2, -0.15) is 0 Å². The molecule has 0 bridgehead atoms. The van der Waals surface area contributed by atoms with E-state index in [9.17, 15) is 4.79 Å². The maximum absolute atomic E-state index is 12.6. The zero-order valence-corrected chi connectivity index (χ0v) is 27.9. The molecule has 5 heteroatoms. The fourth-order valence-corrected chi connectivity index (χ4v) is 7.39. The number of rotatable bonds is 20. The third-order valence-corrected chi connectivity index (χ3v) is 9.93. The van der Waals surface area contributed by atoms with Gasteiger partial charge < -0.3 is 9.47 Å². The van der Waals surface area contributed by atoms with Gasteiger partial charge in [0.1, 0.15) is 11.5 Å². The summed E-state index contributed by atoms with van der Waals surface area (Å²) in [6, 6.07) is 14.3. The quantitative estimate of drug-likeness (QED) is 0.0849. The number of carbonyl (C=O) groups is 1. The van der Waals surface area contributed by atoms with Crippen LogP contribution in [0, 0.1) is 0 Å². The van der Waals surface area contributed by atoms with Crippen molar-refractivity contribution in [1.82, 2.24) is 0 Å². The molecule has 2 aliphatic rings. The molecule has 238 valence electrons. The smallest absolute Gasteiger partial charge is 0.310 e. The number of likely N-dealkylation sites (N-methyl/N-ethyl adjacent to an activating group) is 1. The van der Waals surface area contributed by atoms with Crippen LogP contribution in [-0.4, -0.2) is 37.3 Å². The zero-order chi connectivity index (χ0) is 30.3. The van der Waals surface area contributed by atoms with Crippen LogP contribution in [0.4, 0.5) is 0 Å². The second-order valence-electron chi connectivity index (χ2n) is 13.6. The Hall–Kier alpha value is -2.04. The van der Waals surface area contributed by atoms with Crippen LogP contribution in [0.25, 0.3) is 0 Å². The predicted octanol–water partition coefficient (Wildman–Crippen LogP) is 11.3. The third kappa shape index (κ3) is 10.8. The summed E-state index contributed by atoms with van der Waals surface area (Å²) in [5, 5.41) is 0.730. The summed E-state index contributed by atoms with van der Waals surface area (Å²) in [6.45, 7) is 4.50. The lowest BCUT2D eigenvalue weighted by Crippen LogP contribution is -2.44. The average molecular weight is 611 g/mol. The lowest BCUT2D eigenvalue weighted by atomic mass is 9.84. The predicted molar refractivity (Wildman–Crippen MR) is 179 cm³/mol. The first-order valence-corrected chi connectivity index (χ1v) is 17.9. The third-order valence-electron chi connectivity index (χ3n) is 9.69. The molecule has 2 aromatic rings. The van der Waals surface area contributed by atoms with E-state index in [0.717, 1.165) is 48.0 Å². The number of likely N-dealkylation sites (tertiary alicyclic amines) is 1. The van der Waals surface area contributed by atoms with Crippen molar-refractivity contribution in [3.8, 4) is 11.5 Å². The molecule has 2 aromatic carbocycles. The van der Waals surface area contributed by atoms with Crippen molar-refractivity contribution in [1.29, 1.82) is 0 Å². The zero-order valence-electron chi connectivity index (χ0n) is 27.1. The van der Waals surface area contributed by atoms with Gasteiger partial charge in [0, 0.05) is 34.4 Å². The van der Waals surface area contributed by atoms with Crippen molar-refractivity contribution < 1.29 is 18.8 Å². The molecule has 4 nitrogen and oxygen atoms in total. The number of fused-ring (bicyclic) bond motifs is 5. The molecule has 0 aliphatic carbocycles. The molecular weight excluding hydrogens is 554 g/mol. The number of unbranched alkanes of at least 4 members (excludes halogenated alkanes) is 16. The topological polar surface area (TPSA) is 35.5 Å². The average Bonchev–Trinajstić information content (AvgIpc) is 3.30. The highest BCUT2D eigenvalue weighted by atomic mass is 35.5. The molecule has 0 aromatic heterocycles. The van der Waals surface area contributed by atoms with Gasteiger partial charge in [-0.15, -0.1) is 0 Å². The summed E-state index contributed by atoms with van der Waals surface area (Å²) in [6.07, 6.45) is 23.4. The molecule has 43 heavy (non-hydrogen) atoms. The summed E-state index contributed by atoms with van der Waals surface area (Å²) in [5.74, 6) is 2.31. The van der Waals surface area contributed by atoms with Crippen molar-refractivity contribution >= 4 is 17.6 Å². The van der Waals surface area contributed by atoms with E-state index in [4.69, 9.17) is 21.1 Å². The number of halogens is 1. The standard InChI is InChI=1S/C38H57ClNO3/c1-3-4-5-6-7-8-9-10-11-12-13-14-15-16-17-18-19-24-38(41)42-30-40(2)28-34-32-22-20-21-23-36(32)43-37-26-25-31(39)27-33(37)35(34)29-40/h20-23,25-27,34-35H,3-19,24,28-30H2,1-2H3/q+1. The highest BCUT2D eigenvalue weighted by molar-refractivity contribution is 6.30. The number of carbonyl (C=O) groups excluding carboxylic acids is 1. The first-order valence-electron chi connectivity index (χ1n) is 17.5. The van der Waals surface area contributed by atoms with Crippen LogP contribution in [0.5, 0.6) is 11.5 Å². The maximum atomic E-state index is 12.6. The van der Waals surface area contributed by atoms with Crippen molar-refractivity contribution in [2.75, 3.05) is 26.9 Å². The van der Waals surface area contributed by atoms with Crippen LogP contribution in [0.1, 0.15) is 145 Å². The fourth-order valence-electron chi connectivity index (χ4n) is 7.21. The van der Waals surface area contributed by atoms with Gasteiger partial charge in [0.2, 0.25) is 6.73 Å². The Morgan fingerprint density at radius 1 is 0.744 bits per heavy atom. The summed E-state index contributed by atoms with van der Waals surface area (Å²) in [4.78, 5) is 12.6. The minimum atomic E-state index is -0.0559. The Morgan fingerprint density at radius 2 is 1.26 bits per heavy atom. The second-order valence-corrected chi connectivity index (χ2v) is 14.0. The van der Waals surface area contributed by atoms with Crippen LogP contribution >= 0.6 is 11.6 Å². The maximum Gasteiger partial charge on any atom is 0.310 e. The van der Waals surface area contributed by atoms with Crippen LogP contribution in [0.2, 0.25) is 5.02 Å². The Morgan fingerprint density at radius 3 is 1.86 bits per heavy atom. The highest BCUT2D eigenvalue weighted by Gasteiger charge is 2.48. The van der Waals surface area contributed by atoms with Crippen molar-refractivity contribution in [2.45, 2.75) is 134 Å². The lowest BCUT2D eigenvalue weighted by molar-refractivity contribution is -0.915. The lowest BCUT2D eigenvalue weighted by Gasteiger charge is -2.29. The van der Waals surface area contributed by atoms with Crippen molar-refractivity contribution in [2.24, 2.45) is 0 Å². The Kier molecular flexibility index (Phi) is 14.2. The largest absolute Gasteiger partial charge is 0.457 e. The van der Waals surface area contributed by atoms with Crippen LogP contribution in [0.15, 0.2) is 42.5 Å². The number of quaternary nitrogens is 1. The molecule has 0 radical (unpaired) electrons. The summed E-state index contributed by atoms with van der Waals surface area (Å²) in [5.41, 5.74) is 2.39. The van der Waals surface area contributed by atoms with Gasteiger partial charge in [-0.3, -0.25) is 9.28 Å². The minimum absolute atomic E-state index is 0.0559. The van der Waals surface area contributed by atoms with Crippen molar-refractivity contribution in [3.05, 3.63) is 58.6 Å². The van der Waals surface area contributed by atoms with E-state index in [0.29, 0.717) is 23.6 Å². The van der Waals surface area contributed by atoms with E-state index in [1.165, 1.54) is 102 Å². The summed E-state index contributed by atoms with van der Waals surface area (Å²) in [7, 11) is 2.21. The Balaban J connectivity index is 1.06. The number of esters is 1. The normalized spacial score (nSPS) is 20.5. The van der Waals surface area contributed by atoms with Crippen molar-refractivity contribution in [3.63, 3.8) is 0 Å². The van der Waals surface area contributed by atoms with Crippen LogP contribution in [-0.2, 0) is 9.53 Å². The molecule has 0 amide bonds. The highest BCUT2D eigenvalue weighted by Crippen LogP contribution is 2.51. The molecule has 0 spiro atoms. The summed E-state index contributed by atoms with van der Waals surface area (Å²) < 4.78 is 12.9. The molecule has 3 unspecified atom stereocenters. The Bertz CT molecular complexity index is 1120. The minimum Gasteiger partial charge on any atom is -0.457 e. The van der Waals surface area contributed by atoms with Gasteiger partial charge in [0.15, 0.2) is 0 Å². The van der Waals surface area contributed by atoms with Gasteiger partial charge in [-0.1, -0.05) is 139 Å². The number of para-hydroxylation sites is 1. The molecule has 0 saturated carbocycles. The van der Waals surface area contributed by atoms with E-state index in [1.807, 2.05) is 18.2 Å². The van der Waals surface area contributed by atoms with Crippen LogP contribution in [0.3, 0.4) is 0 Å². The first-order chi connectivity index (χ1) is 21.0. The Labute approximate surface area is 267 Å². The van der Waals surface area contributed by atoms with Crippen LogP contribution < -0.4 is 4.74 Å². The second kappa shape index (κ2) is 18.1. The van der Waals surface area contributed by atoms with Gasteiger partial charge in [0.25, 0.3) is 0 Å². The van der Waals surface area contributed by atoms with Gasteiger partial charge >= 0.3 is 5.97 Å². The fraction of sp³-hybridized carbons (Fsp3) is 0.658. The van der Waals surface area contributed by atoms with E-state index < -0.39 is 0 Å². The molecule has 2 aliphatic heterocycles. The summed E-state index contributed by atoms with van der Waals surface area (Å²) >= 11 is 6.42. The monoisotopic (exact) mass is 610 g/mol.